The maximum Gasteiger partial charge on any atom is 0.303 e. The summed E-state index contributed by atoms with van der Waals surface area (Å²) in [6.07, 6.45) is -6.01. The summed E-state index contributed by atoms with van der Waals surface area (Å²) in [6, 6.07) is 3.35. The minimum Gasteiger partial charge on any atom is -0.490 e. The predicted molar refractivity (Wildman–Crippen MR) is 93.1 cm³/mol. The van der Waals surface area contributed by atoms with E-state index in [-0.39, 0.29) is 24.3 Å². The first-order chi connectivity index (χ1) is 13.4. The topological polar surface area (TPSA) is 159 Å². The molecule has 10 nitrogen and oxygen atoms in total. The highest BCUT2D eigenvalue weighted by molar-refractivity contribution is 5.87. The highest BCUT2D eigenvalue weighted by atomic mass is 16.7. The van der Waals surface area contributed by atoms with Gasteiger partial charge in [0.25, 0.3) is 0 Å². The molecule has 3 rings (SSSR count). The molecule has 0 amide bonds. The second-order valence-corrected chi connectivity index (χ2v) is 6.45. The first kappa shape index (κ1) is 20.4. The van der Waals surface area contributed by atoms with Gasteiger partial charge in [0, 0.05) is 11.8 Å². The molecular formula is C18H22O10. The van der Waals surface area contributed by atoms with E-state index in [1.54, 1.807) is 12.1 Å². The highest BCUT2D eigenvalue weighted by Gasteiger charge is 2.45. The number of aliphatic hydroxyl groups is 4. The lowest BCUT2D eigenvalue weighted by molar-refractivity contribution is -0.277. The molecule has 0 bridgehead atoms. The van der Waals surface area contributed by atoms with Gasteiger partial charge < -0.3 is 44.2 Å². The molecule has 1 saturated heterocycles. The molecule has 10 heteroatoms. The fourth-order valence-electron chi connectivity index (χ4n) is 3.14. The average Bonchev–Trinajstić information content (AvgIpc) is 3.14. The summed E-state index contributed by atoms with van der Waals surface area (Å²) < 4.78 is 21.9. The molecule has 5 N–H and O–H groups in total. The van der Waals surface area contributed by atoms with Gasteiger partial charge in [0.1, 0.15) is 24.4 Å². The van der Waals surface area contributed by atoms with E-state index >= 15 is 0 Å². The molecule has 1 fully saturated rings. The molecule has 5 atom stereocenters. The Morgan fingerprint density at radius 3 is 2.57 bits per heavy atom. The lowest BCUT2D eigenvalue weighted by Crippen LogP contribution is -2.60. The van der Waals surface area contributed by atoms with Crippen molar-refractivity contribution in [1.82, 2.24) is 0 Å². The number of aliphatic carboxylic acids is 1. The molecule has 0 radical (unpaired) electrons. The first-order valence-electron chi connectivity index (χ1n) is 8.63. The summed E-state index contributed by atoms with van der Waals surface area (Å²) in [7, 11) is 1.37. The maximum absolute atomic E-state index is 11.0. The van der Waals surface area contributed by atoms with E-state index in [2.05, 4.69) is 0 Å². The third-order valence-electron chi connectivity index (χ3n) is 4.62. The second kappa shape index (κ2) is 8.33. The zero-order valence-corrected chi connectivity index (χ0v) is 15.0. The number of aryl methyl sites for hydroxylation is 1. The molecule has 2 heterocycles. The SMILES string of the molecule is COc1c(OC2OC(CO)C(O)C(O)C2O)c(CCC(=O)O)cc2ccoc12. The molecule has 1 aliphatic heterocycles. The number of hydrogen-bond acceptors (Lipinski definition) is 9. The smallest absolute Gasteiger partial charge is 0.303 e. The molecule has 154 valence electrons. The van der Waals surface area contributed by atoms with Gasteiger partial charge in [-0.3, -0.25) is 4.79 Å². The lowest BCUT2D eigenvalue weighted by atomic mass is 9.99. The van der Waals surface area contributed by atoms with Crippen LogP contribution in [0.1, 0.15) is 12.0 Å². The fraction of sp³-hybridized carbons (Fsp3) is 0.500. The van der Waals surface area contributed by atoms with E-state index in [4.69, 9.17) is 23.7 Å². The van der Waals surface area contributed by atoms with Gasteiger partial charge in [0.05, 0.1) is 20.0 Å². The summed E-state index contributed by atoms with van der Waals surface area (Å²) in [5.41, 5.74) is 0.811. The molecule has 5 unspecified atom stereocenters. The van der Waals surface area contributed by atoms with E-state index in [0.29, 0.717) is 16.5 Å². The number of methoxy groups -OCH3 is 1. The van der Waals surface area contributed by atoms with Crippen LogP contribution in [0.15, 0.2) is 22.8 Å². The zero-order valence-electron chi connectivity index (χ0n) is 15.0. The monoisotopic (exact) mass is 398 g/mol. The van der Waals surface area contributed by atoms with Crippen molar-refractivity contribution in [2.45, 2.75) is 43.5 Å². The number of rotatable bonds is 7. The number of carboxylic acid groups (broad SMARTS) is 1. The van der Waals surface area contributed by atoms with Crippen LogP contribution in [0.3, 0.4) is 0 Å². The standard InChI is InChI=1S/C18H22O10/c1-25-17-15-9(4-5-26-15)6-8(2-3-11(20)21)16(17)28-18-14(24)13(23)12(22)10(7-19)27-18/h4-6,10,12-14,18-19,22-24H,2-3,7H2,1H3,(H,20,21). The van der Waals surface area contributed by atoms with E-state index in [9.17, 15) is 25.2 Å². The van der Waals surface area contributed by atoms with E-state index in [0.717, 1.165) is 0 Å². The minimum atomic E-state index is -1.62. The van der Waals surface area contributed by atoms with Gasteiger partial charge in [0.2, 0.25) is 12.0 Å². The van der Waals surface area contributed by atoms with Crippen LogP contribution in [0.2, 0.25) is 0 Å². The van der Waals surface area contributed by atoms with E-state index in [1.807, 2.05) is 0 Å². The van der Waals surface area contributed by atoms with Crippen molar-refractivity contribution in [2.75, 3.05) is 13.7 Å². The summed E-state index contributed by atoms with van der Waals surface area (Å²) >= 11 is 0. The van der Waals surface area contributed by atoms with Crippen molar-refractivity contribution in [3.05, 3.63) is 24.0 Å². The molecular weight excluding hydrogens is 376 g/mol. The van der Waals surface area contributed by atoms with Gasteiger partial charge >= 0.3 is 5.97 Å². The van der Waals surface area contributed by atoms with Crippen LogP contribution >= 0.6 is 0 Å². The van der Waals surface area contributed by atoms with Crippen molar-refractivity contribution in [2.24, 2.45) is 0 Å². The number of fused-ring (bicyclic) bond motifs is 1. The summed E-state index contributed by atoms with van der Waals surface area (Å²) in [5, 5.41) is 49.1. The average molecular weight is 398 g/mol. The number of benzene rings is 1. The highest BCUT2D eigenvalue weighted by Crippen LogP contribution is 2.41. The van der Waals surface area contributed by atoms with Crippen molar-refractivity contribution >= 4 is 16.9 Å². The number of furan rings is 1. The molecule has 0 aliphatic carbocycles. The summed E-state index contributed by atoms with van der Waals surface area (Å²) in [5.74, 6) is -0.763. The number of carboxylic acids is 1. The Kier molecular flexibility index (Phi) is 6.06. The Hall–Kier alpha value is -2.37. The molecule has 1 aromatic heterocycles. The molecule has 0 spiro atoms. The predicted octanol–water partition coefficient (Wildman–Crippen LogP) is -0.363. The molecule has 1 aromatic carbocycles. The summed E-state index contributed by atoms with van der Waals surface area (Å²) in [4.78, 5) is 11.0. The Bertz CT molecular complexity index is 829. The lowest BCUT2D eigenvalue weighted by Gasteiger charge is -2.39. The van der Waals surface area contributed by atoms with Crippen LogP contribution < -0.4 is 9.47 Å². The van der Waals surface area contributed by atoms with Crippen LogP contribution in [-0.4, -0.2) is 75.9 Å². The maximum atomic E-state index is 11.0. The second-order valence-electron chi connectivity index (χ2n) is 6.45. The quantitative estimate of drug-likeness (QED) is 0.417. The van der Waals surface area contributed by atoms with Crippen LogP contribution in [-0.2, 0) is 16.0 Å². The molecule has 2 aromatic rings. The van der Waals surface area contributed by atoms with Gasteiger partial charge in [-0.2, -0.15) is 0 Å². The Labute approximate surface area is 159 Å². The molecule has 1 aliphatic rings. The summed E-state index contributed by atoms with van der Waals surface area (Å²) in [6.45, 7) is -0.606. The van der Waals surface area contributed by atoms with Gasteiger partial charge in [-0.15, -0.1) is 0 Å². The van der Waals surface area contributed by atoms with Gasteiger partial charge in [-0.1, -0.05) is 0 Å². The number of hydrogen-bond donors (Lipinski definition) is 5. The van der Waals surface area contributed by atoms with Gasteiger partial charge in [0.15, 0.2) is 11.3 Å². The van der Waals surface area contributed by atoms with Crippen molar-refractivity contribution in [1.29, 1.82) is 0 Å². The number of ether oxygens (including phenoxy) is 3. The fourth-order valence-corrected chi connectivity index (χ4v) is 3.14. The van der Waals surface area contributed by atoms with Crippen LogP contribution in [0, 0.1) is 0 Å². The van der Waals surface area contributed by atoms with Crippen LogP contribution in [0.4, 0.5) is 0 Å². The van der Waals surface area contributed by atoms with E-state index in [1.165, 1.54) is 13.4 Å². The van der Waals surface area contributed by atoms with Crippen LogP contribution in [0.5, 0.6) is 11.5 Å². The minimum absolute atomic E-state index is 0.0792. The number of aliphatic hydroxyl groups excluding tert-OH is 4. The zero-order chi connectivity index (χ0) is 20.4. The van der Waals surface area contributed by atoms with Crippen molar-refractivity contribution in [3.63, 3.8) is 0 Å². The Morgan fingerprint density at radius 1 is 1.18 bits per heavy atom. The molecule has 0 saturated carbocycles. The van der Waals surface area contributed by atoms with Gasteiger partial charge in [-0.05, 0) is 24.1 Å². The van der Waals surface area contributed by atoms with E-state index < -0.39 is 43.3 Å². The first-order valence-corrected chi connectivity index (χ1v) is 8.63. The number of carbonyl (C=O) groups is 1. The van der Waals surface area contributed by atoms with Crippen LogP contribution in [0.25, 0.3) is 11.0 Å². The normalized spacial score (nSPS) is 27.7. The molecule has 28 heavy (non-hydrogen) atoms. The largest absolute Gasteiger partial charge is 0.490 e. The Balaban J connectivity index is 2.00. The third kappa shape index (κ3) is 3.77. The van der Waals surface area contributed by atoms with Gasteiger partial charge in [-0.25, -0.2) is 0 Å². The van der Waals surface area contributed by atoms with Crippen molar-refractivity contribution in [3.8, 4) is 11.5 Å². The van der Waals surface area contributed by atoms with Crippen molar-refractivity contribution < 1.29 is 49.0 Å². The third-order valence-corrected chi connectivity index (χ3v) is 4.62. The Morgan fingerprint density at radius 2 is 1.93 bits per heavy atom.